The summed E-state index contributed by atoms with van der Waals surface area (Å²) in [6.07, 6.45) is 7.97. The van der Waals surface area contributed by atoms with Gasteiger partial charge in [0.05, 0.1) is 16.9 Å². The van der Waals surface area contributed by atoms with Gasteiger partial charge in [-0.3, -0.25) is 4.31 Å². The van der Waals surface area contributed by atoms with E-state index in [1.54, 1.807) is 22.8 Å². The third-order valence-electron chi connectivity index (χ3n) is 8.45. The molecule has 0 amide bonds. The first-order chi connectivity index (χ1) is 21.5. The highest BCUT2D eigenvalue weighted by molar-refractivity contribution is 7.93. The van der Waals surface area contributed by atoms with Gasteiger partial charge in [0, 0.05) is 51.2 Å². The molecule has 4 heterocycles. The molecule has 0 radical (unpaired) electrons. The van der Waals surface area contributed by atoms with Gasteiger partial charge in [0.15, 0.2) is 17.0 Å². The van der Waals surface area contributed by atoms with E-state index in [9.17, 15) is 8.42 Å². The van der Waals surface area contributed by atoms with Crippen LogP contribution < -0.4 is 19.8 Å². The molecule has 2 aliphatic rings. The number of nitrogens with one attached hydrogen (secondary N) is 2. The number of piperidine rings is 1. The number of anilines is 3. The van der Waals surface area contributed by atoms with Crippen LogP contribution in [-0.2, 0) is 16.6 Å². The Balaban J connectivity index is 1.21. The van der Waals surface area contributed by atoms with Gasteiger partial charge in [0.2, 0.25) is 5.95 Å². The van der Waals surface area contributed by atoms with Gasteiger partial charge in [-0.05, 0) is 42.5 Å². The Morgan fingerprint density at radius 1 is 1.00 bits per heavy atom. The van der Waals surface area contributed by atoms with Gasteiger partial charge in [-0.2, -0.15) is 9.97 Å². The third-order valence-corrected chi connectivity index (χ3v) is 10.3. The highest BCUT2D eigenvalue weighted by atomic mass is 32.2. The minimum atomic E-state index is -3.67. The normalized spacial score (nSPS) is 18.0. The first-order valence-electron chi connectivity index (χ1n) is 15.3. The van der Waals surface area contributed by atoms with E-state index < -0.39 is 10.0 Å². The van der Waals surface area contributed by atoms with Gasteiger partial charge in [0.25, 0.3) is 10.0 Å². The highest BCUT2D eigenvalue weighted by Gasteiger charge is 2.36. The zero-order valence-corrected chi connectivity index (χ0v) is 26.0. The lowest BCUT2D eigenvalue weighted by molar-refractivity contribution is 0.407. The summed E-state index contributed by atoms with van der Waals surface area (Å²) >= 11 is 0. The molecule has 10 nitrogen and oxygen atoms in total. The van der Waals surface area contributed by atoms with Crippen molar-refractivity contribution in [3.05, 3.63) is 91.3 Å². The summed E-state index contributed by atoms with van der Waals surface area (Å²) in [7, 11) is -3.67. The molecule has 0 saturated carbocycles. The smallest absolute Gasteiger partial charge is 0.264 e. The van der Waals surface area contributed by atoms with Crippen LogP contribution in [0, 0.1) is 0 Å². The van der Waals surface area contributed by atoms with Gasteiger partial charge in [-0.25, -0.2) is 13.4 Å². The molecule has 2 N–H and O–H groups in total. The Bertz CT molecular complexity index is 1760. The molecule has 1 saturated heterocycles. The lowest BCUT2D eigenvalue weighted by Gasteiger charge is -2.33. The summed E-state index contributed by atoms with van der Waals surface area (Å²) in [5, 5.41) is 7.13. The SMILES string of the molecule is C=CCNc1nc(N2CCC(NCC3c4ccccc4N(CCC)S(=O)(=O)c4ccccc43)CC2)nc2c1ncn2CC=C. The molecular weight excluding hydrogens is 572 g/mol. The monoisotopic (exact) mass is 612 g/mol. The van der Waals surface area contributed by atoms with E-state index in [-0.39, 0.29) is 12.0 Å². The molecule has 2 aliphatic heterocycles. The van der Waals surface area contributed by atoms with Crippen LogP contribution in [0.3, 0.4) is 0 Å². The highest BCUT2D eigenvalue weighted by Crippen LogP contribution is 2.41. The lowest BCUT2D eigenvalue weighted by Crippen LogP contribution is -2.44. The number of hydrogen-bond donors (Lipinski definition) is 2. The van der Waals surface area contributed by atoms with Gasteiger partial charge in [-0.15, -0.1) is 13.2 Å². The van der Waals surface area contributed by atoms with E-state index in [0.29, 0.717) is 42.8 Å². The quantitative estimate of drug-likeness (QED) is 0.230. The zero-order chi connectivity index (χ0) is 30.7. The topological polar surface area (TPSA) is 108 Å². The summed E-state index contributed by atoms with van der Waals surface area (Å²) in [6.45, 7) is 13.6. The molecule has 1 fully saturated rings. The summed E-state index contributed by atoms with van der Waals surface area (Å²) < 4.78 is 31.3. The van der Waals surface area contributed by atoms with Crippen molar-refractivity contribution in [2.75, 3.05) is 47.2 Å². The number of hydrogen-bond acceptors (Lipinski definition) is 8. The van der Waals surface area contributed by atoms with E-state index in [1.807, 2.05) is 54.0 Å². The molecule has 11 heteroatoms. The van der Waals surface area contributed by atoms with E-state index in [1.165, 1.54) is 0 Å². The van der Waals surface area contributed by atoms with Crippen LogP contribution in [0.15, 0.2) is 85.1 Å². The standard InChI is InChI=1S/C33H40N8O2S/c1-4-17-34-31-30-32(40(18-5-2)23-36-30)38-33(37-31)39-20-15-24(16-21-39)35-22-27-25-11-7-9-13-28(25)41(19-6-3)44(42,43)29-14-10-8-12-26(27)29/h4-5,7-14,23-24,27,35H,1-2,6,15-22H2,3H3,(H,34,37,38). The molecular formula is C33H40N8O2S. The van der Waals surface area contributed by atoms with Crippen LogP contribution in [0.2, 0.25) is 0 Å². The number of fused-ring (bicyclic) bond motifs is 3. The molecule has 230 valence electrons. The Hall–Kier alpha value is -4.22. The van der Waals surface area contributed by atoms with Crippen molar-refractivity contribution in [3.63, 3.8) is 0 Å². The van der Waals surface area contributed by atoms with Crippen LogP contribution in [0.4, 0.5) is 17.5 Å². The van der Waals surface area contributed by atoms with Crippen LogP contribution >= 0.6 is 0 Å². The van der Waals surface area contributed by atoms with Crippen molar-refractivity contribution in [2.24, 2.45) is 0 Å². The minimum absolute atomic E-state index is 0.0913. The number of rotatable bonds is 11. The number of benzene rings is 2. The van der Waals surface area contributed by atoms with Gasteiger partial charge in [-0.1, -0.05) is 55.5 Å². The average Bonchev–Trinajstić information content (AvgIpc) is 3.43. The van der Waals surface area contributed by atoms with Crippen LogP contribution in [0.25, 0.3) is 11.2 Å². The Morgan fingerprint density at radius 3 is 2.50 bits per heavy atom. The number of sulfonamides is 1. The second-order valence-corrected chi connectivity index (χ2v) is 13.1. The van der Waals surface area contributed by atoms with Gasteiger partial charge < -0.3 is 20.1 Å². The number of nitrogens with zero attached hydrogens (tertiary/aromatic N) is 6. The fourth-order valence-corrected chi connectivity index (χ4v) is 8.14. The van der Waals surface area contributed by atoms with E-state index in [2.05, 4.69) is 39.7 Å². The van der Waals surface area contributed by atoms with Crippen LogP contribution in [0.5, 0.6) is 0 Å². The first kappa shape index (κ1) is 29.8. The fourth-order valence-electron chi connectivity index (χ4n) is 6.30. The molecule has 6 rings (SSSR count). The molecule has 0 spiro atoms. The van der Waals surface area contributed by atoms with Crippen molar-refractivity contribution in [3.8, 4) is 0 Å². The maximum atomic E-state index is 13.9. The number of allylic oxidation sites excluding steroid dienone is 1. The first-order valence-corrected chi connectivity index (χ1v) is 16.8. The van der Waals surface area contributed by atoms with Crippen molar-refractivity contribution in [1.29, 1.82) is 0 Å². The lowest BCUT2D eigenvalue weighted by atomic mass is 9.89. The largest absolute Gasteiger partial charge is 0.365 e. The van der Waals surface area contributed by atoms with E-state index in [4.69, 9.17) is 9.97 Å². The number of para-hydroxylation sites is 1. The maximum Gasteiger partial charge on any atom is 0.264 e. The van der Waals surface area contributed by atoms with Crippen molar-refractivity contribution in [1.82, 2.24) is 24.8 Å². The molecule has 44 heavy (non-hydrogen) atoms. The second kappa shape index (κ2) is 12.8. The third kappa shape index (κ3) is 5.57. The van der Waals surface area contributed by atoms with Crippen LogP contribution in [0.1, 0.15) is 43.2 Å². The Morgan fingerprint density at radius 2 is 1.75 bits per heavy atom. The zero-order valence-electron chi connectivity index (χ0n) is 25.2. The molecule has 4 aromatic rings. The van der Waals surface area contributed by atoms with E-state index >= 15 is 0 Å². The molecule has 0 bridgehead atoms. The Kier molecular flexibility index (Phi) is 8.67. The van der Waals surface area contributed by atoms with Crippen molar-refractivity contribution in [2.45, 2.75) is 49.6 Å². The Labute approximate surface area is 259 Å². The summed E-state index contributed by atoms with van der Waals surface area (Å²) in [6, 6.07) is 15.7. The minimum Gasteiger partial charge on any atom is -0.365 e. The molecule has 0 aliphatic carbocycles. The molecule has 2 aromatic carbocycles. The van der Waals surface area contributed by atoms with Crippen molar-refractivity contribution < 1.29 is 8.42 Å². The average molecular weight is 613 g/mol. The molecule has 1 unspecified atom stereocenters. The van der Waals surface area contributed by atoms with Crippen molar-refractivity contribution >= 4 is 38.6 Å². The summed E-state index contributed by atoms with van der Waals surface area (Å²) in [5.74, 6) is 1.29. The van der Waals surface area contributed by atoms with Crippen LogP contribution in [-0.4, -0.2) is 66.7 Å². The number of imidazole rings is 1. The van der Waals surface area contributed by atoms with Gasteiger partial charge in [0.1, 0.15) is 0 Å². The summed E-state index contributed by atoms with van der Waals surface area (Å²) in [4.78, 5) is 16.9. The predicted octanol–water partition coefficient (Wildman–Crippen LogP) is 4.92. The second-order valence-electron chi connectivity index (χ2n) is 11.3. The van der Waals surface area contributed by atoms with E-state index in [0.717, 1.165) is 60.3 Å². The fraction of sp³-hybridized carbons (Fsp3) is 0.364. The predicted molar refractivity (Wildman–Crippen MR) is 177 cm³/mol. The molecule has 1 atom stereocenters. The number of aromatic nitrogens is 4. The summed E-state index contributed by atoms with van der Waals surface area (Å²) in [5.41, 5.74) is 4.17. The maximum absolute atomic E-state index is 13.9. The van der Waals surface area contributed by atoms with Gasteiger partial charge >= 0.3 is 0 Å². The molecule has 2 aromatic heterocycles.